The van der Waals surface area contributed by atoms with Crippen molar-refractivity contribution < 1.29 is 4.79 Å². The predicted octanol–water partition coefficient (Wildman–Crippen LogP) is 2.24. The minimum Gasteiger partial charge on any atom is -0.318 e. The fourth-order valence-electron chi connectivity index (χ4n) is 1.85. The zero-order valence-corrected chi connectivity index (χ0v) is 11.7. The Hall–Kier alpha value is -2.11. The molecule has 2 rings (SSSR count). The van der Waals surface area contributed by atoms with Crippen molar-refractivity contribution in [1.82, 2.24) is 19.6 Å². The molecule has 1 amide bonds. The fourth-order valence-corrected chi connectivity index (χ4v) is 1.85. The van der Waals surface area contributed by atoms with E-state index in [4.69, 9.17) is 0 Å². The van der Waals surface area contributed by atoms with Gasteiger partial charge in [0.15, 0.2) is 0 Å². The van der Waals surface area contributed by atoms with Crippen LogP contribution in [0.25, 0.3) is 0 Å². The quantitative estimate of drug-likeness (QED) is 0.918. The van der Waals surface area contributed by atoms with E-state index in [0.717, 1.165) is 5.69 Å². The highest BCUT2D eigenvalue weighted by Crippen LogP contribution is 2.12. The highest BCUT2D eigenvalue weighted by molar-refractivity contribution is 6.03. The van der Waals surface area contributed by atoms with Crippen molar-refractivity contribution in [2.45, 2.75) is 40.3 Å². The molecule has 0 aromatic carbocycles. The van der Waals surface area contributed by atoms with E-state index in [9.17, 15) is 4.79 Å². The van der Waals surface area contributed by atoms with Crippen LogP contribution in [0.5, 0.6) is 0 Å². The summed E-state index contributed by atoms with van der Waals surface area (Å²) in [7, 11) is 0. The van der Waals surface area contributed by atoms with Gasteiger partial charge in [-0.2, -0.15) is 10.2 Å². The first-order valence-corrected chi connectivity index (χ1v) is 6.41. The van der Waals surface area contributed by atoms with E-state index in [-0.39, 0.29) is 11.9 Å². The average molecular weight is 261 g/mol. The summed E-state index contributed by atoms with van der Waals surface area (Å²) < 4.78 is 3.50. The number of rotatable bonds is 4. The Labute approximate surface area is 112 Å². The Balaban J connectivity index is 2.15. The third kappa shape index (κ3) is 2.83. The number of aromatic nitrogens is 4. The maximum absolute atomic E-state index is 12.2. The van der Waals surface area contributed by atoms with Crippen molar-refractivity contribution in [1.29, 1.82) is 0 Å². The summed E-state index contributed by atoms with van der Waals surface area (Å²) in [5.41, 5.74) is 2.10. The molecule has 0 aliphatic rings. The van der Waals surface area contributed by atoms with E-state index in [1.807, 2.05) is 33.9 Å². The monoisotopic (exact) mass is 261 g/mol. The van der Waals surface area contributed by atoms with Gasteiger partial charge in [0, 0.05) is 18.8 Å². The number of carbonyl (C=O) groups is 1. The second-order valence-corrected chi connectivity index (χ2v) is 4.74. The Morgan fingerprint density at radius 1 is 1.47 bits per heavy atom. The van der Waals surface area contributed by atoms with Crippen LogP contribution < -0.4 is 5.32 Å². The molecule has 0 saturated heterocycles. The third-order valence-corrected chi connectivity index (χ3v) is 2.82. The summed E-state index contributed by atoms with van der Waals surface area (Å²) in [6.07, 6.45) is 3.47. The minimum atomic E-state index is -0.161. The number of anilines is 1. The summed E-state index contributed by atoms with van der Waals surface area (Å²) in [6.45, 7) is 8.57. The molecule has 1 N–H and O–H groups in total. The van der Waals surface area contributed by atoms with Crippen LogP contribution in [-0.2, 0) is 6.54 Å². The number of amides is 1. The number of carbonyl (C=O) groups excluding carboxylic acids is 1. The Kier molecular flexibility index (Phi) is 3.69. The van der Waals surface area contributed by atoms with Gasteiger partial charge in [0.2, 0.25) is 0 Å². The number of aryl methyl sites for hydroxylation is 2. The zero-order valence-electron chi connectivity index (χ0n) is 11.7. The molecule has 0 unspecified atom stereocenters. The van der Waals surface area contributed by atoms with Gasteiger partial charge in [0.1, 0.15) is 5.69 Å². The van der Waals surface area contributed by atoms with E-state index < -0.39 is 0 Å². The van der Waals surface area contributed by atoms with Crippen LogP contribution in [0.2, 0.25) is 0 Å². The van der Waals surface area contributed by atoms with E-state index in [1.54, 1.807) is 21.6 Å². The third-order valence-electron chi connectivity index (χ3n) is 2.82. The maximum atomic E-state index is 12.2. The topological polar surface area (TPSA) is 64.7 Å². The van der Waals surface area contributed by atoms with Crippen LogP contribution in [0, 0.1) is 6.92 Å². The lowest BCUT2D eigenvalue weighted by molar-refractivity contribution is 0.101. The lowest BCUT2D eigenvalue weighted by Gasteiger charge is -2.05. The fraction of sp³-hybridized carbons (Fsp3) is 0.462. The molecule has 0 atom stereocenters. The summed E-state index contributed by atoms with van der Waals surface area (Å²) in [5.74, 6) is -0.161. The van der Waals surface area contributed by atoms with Crippen LogP contribution in [0.15, 0.2) is 18.5 Å². The van der Waals surface area contributed by atoms with Crippen molar-refractivity contribution in [2.24, 2.45) is 0 Å². The Morgan fingerprint density at radius 2 is 2.21 bits per heavy atom. The van der Waals surface area contributed by atoms with Crippen LogP contribution in [0.3, 0.4) is 0 Å². The zero-order chi connectivity index (χ0) is 14.0. The summed E-state index contributed by atoms with van der Waals surface area (Å²) in [5, 5.41) is 11.3. The Bertz CT molecular complexity index is 582. The van der Waals surface area contributed by atoms with Gasteiger partial charge in [-0.3, -0.25) is 14.2 Å². The van der Waals surface area contributed by atoms with Crippen LogP contribution in [-0.4, -0.2) is 25.5 Å². The molecule has 19 heavy (non-hydrogen) atoms. The highest BCUT2D eigenvalue weighted by Gasteiger charge is 2.14. The van der Waals surface area contributed by atoms with Gasteiger partial charge in [-0.05, 0) is 33.8 Å². The summed E-state index contributed by atoms with van der Waals surface area (Å²) in [6, 6.07) is 2.06. The van der Waals surface area contributed by atoms with Gasteiger partial charge in [0.05, 0.1) is 17.6 Å². The molecule has 2 aromatic rings. The van der Waals surface area contributed by atoms with Gasteiger partial charge in [-0.15, -0.1) is 0 Å². The first kappa shape index (κ1) is 13.3. The smallest absolute Gasteiger partial charge is 0.274 e. The molecule has 0 spiro atoms. The molecule has 102 valence electrons. The largest absolute Gasteiger partial charge is 0.318 e. The minimum absolute atomic E-state index is 0.161. The van der Waals surface area contributed by atoms with Gasteiger partial charge in [0.25, 0.3) is 5.91 Å². The molecular weight excluding hydrogens is 242 g/mol. The molecule has 0 aliphatic carbocycles. The maximum Gasteiger partial charge on any atom is 0.274 e. The molecule has 0 aliphatic heterocycles. The van der Waals surface area contributed by atoms with Crippen molar-refractivity contribution in [3.05, 3.63) is 29.8 Å². The molecule has 2 heterocycles. The van der Waals surface area contributed by atoms with Crippen molar-refractivity contribution in [3.8, 4) is 0 Å². The molecule has 6 heteroatoms. The Morgan fingerprint density at radius 3 is 2.79 bits per heavy atom. The van der Waals surface area contributed by atoms with Gasteiger partial charge >= 0.3 is 0 Å². The second-order valence-electron chi connectivity index (χ2n) is 4.74. The lowest BCUT2D eigenvalue weighted by Crippen LogP contribution is -2.17. The molecule has 0 bridgehead atoms. The predicted molar refractivity (Wildman–Crippen MR) is 73.2 cm³/mol. The van der Waals surface area contributed by atoms with Crippen LogP contribution >= 0.6 is 0 Å². The van der Waals surface area contributed by atoms with Gasteiger partial charge in [-0.25, -0.2) is 0 Å². The van der Waals surface area contributed by atoms with Gasteiger partial charge < -0.3 is 5.32 Å². The van der Waals surface area contributed by atoms with Crippen LogP contribution in [0.1, 0.15) is 43.0 Å². The van der Waals surface area contributed by atoms with Crippen LogP contribution in [0.4, 0.5) is 5.69 Å². The highest BCUT2D eigenvalue weighted by atomic mass is 16.2. The normalized spacial score (nSPS) is 11.0. The lowest BCUT2D eigenvalue weighted by atomic mass is 10.3. The van der Waals surface area contributed by atoms with E-state index >= 15 is 0 Å². The van der Waals surface area contributed by atoms with E-state index in [0.29, 0.717) is 17.9 Å². The molecular formula is C13H19N5O. The van der Waals surface area contributed by atoms with Gasteiger partial charge in [-0.1, -0.05) is 0 Å². The first-order chi connectivity index (χ1) is 9.01. The number of hydrogen-bond acceptors (Lipinski definition) is 3. The number of nitrogens with one attached hydrogen (secondary N) is 1. The standard InChI is InChI=1S/C13H19N5O/c1-5-17-12(6-10(4)16-17)13(19)15-11-7-14-18(8-11)9(2)3/h6-9H,5H2,1-4H3,(H,15,19). The van der Waals surface area contributed by atoms with Crippen molar-refractivity contribution >= 4 is 11.6 Å². The first-order valence-electron chi connectivity index (χ1n) is 6.41. The summed E-state index contributed by atoms with van der Waals surface area (Å²) >= 11 is 0. The average Bonchev–Trinajstić information content (AvgIpc) is 2.95. The molecule has 0 saturated carbocycles. The van der Waals surface area contributed by atoms with E-state index in [2.05, 4.69) is 15.5 Å². The number of hydrogen-bond donors (Lipinski definition) is 1. The van der Waals surface area contributed by atoms with Crippen molar-refractivity contribution in [2.75, 3.05) is 5.32 Å². The van der Waals surface area contributed by atoms with E-state index in [1.165, 1.54) is 0 Å². The molecule has 6 nitrogen and oxygen atoms in total. The molecule has 0 fully saturated rings. The molecule has 2 aromatic heterocycles. The van der Waals surface area contributed by atoms with Crippen molar-refractivity contribution in [3.63, 3.8) is 0 Å². The number of nitrogens with zero attached hydrogens (tertiary/aromatic N) is 4. The summed E-state index contributed by atoms with van der Waals surface area (Å²) in [4.78, 5) is 12.2. The second kappa shape index (κ2) is 5.26. The molecule has 0 radical (unpaired) electrons. The SMILES string of the molecule is CCn1nc(C)cc1C(=O)Nc1cnn(C(C)C)c1.